The highest BCUT2D eigenvalue weighted by molar-refractivity contribution is 5.45. The van der Waals surface area contributed by atoms with Gasteiger partial charge in [-0.05, 0) is 30.0 Å². The minimum absolute atomic E-state index is 0.118. The van der Waals surface area contributed by atoms with Gasteiger partial charge in [0.2, 0.25) is 0 Å². The fourth-order valence-corrected chi connectivity index (χ4v) is 3.86. The lowest BCUT2D eigenvalue weighted by Crippen LogP contribution is -2.19. The second-order valence-corrected chi connectivity index (χ2v) is 7.63. The maximum Gasteiger partial charge on any atom is 0.123 e. The van der Waals surface area contributed by atoms with E-state index in [9.17, 15) is 0 Å². The van der Waals surface area contributed by atoms with Crippen molar-refractivity contribution in [2.24, 2.45) is 11.7 Å². The molecular weight excluding hydrogens is 258 g/mol. The zero-order valence-electron chi connectivity index (χ0n) is 13.5. The van der Waals surface area contributed by atoms with E-state index in [1.807, 2.05) is 0 Å². The van der Waals surface area contributed by atoms with Crippen LogP contribution in [0.1, 0.15) is 76.0 Å². The van der Waals surface area contributed by atoms with E-state index in [2.05, 4.69) is 32.0 Å². The van der Waals surface area contributed by atoms with E-state index in [-0.39, 0.29) is 11.5 Å². The molecule has 2 aliphatic rings. The van der Waals surface area contributed by atoms with Gasteiger partial charge in [0.15, 0.2) is 0 Å². The predicted molar refractivity (Wildman–Crippen MR) is 87.7 cm³/mol. The van der Waals surface area contributed by atoms with Crippen LogP contribution in [-0.4, -0.2) is 6.61 Å². The number of nitrogens with two attached hydrogens (primary N) is 1. The summed E-state index contributed by atoms with van der Waals surface area (Å²) in [5.41, 5.74) is 9.26. The summed E-state index contributed by atoms with van der Waals surface area (Å²) in [5, 5.41) is 0. The highest BCUT2D eigenvalue weighted by atomic mass is 16.5. The van der Waals surface area contributed by atoms with Crippen LogP contribution in [0.15, 0.2) is 18.2 Å². The van der Waals surface area contributed by atoms with Crippen LogP contribution in [0.3, 0.4) is 0 Å². The number of rotatable bonds is 3. The molecule has 3 rings (SSSR count). The molecule has 1 aliphatic carbocycles. The van der Waals surface area contributed by atoms with Gasteiger partial charge < -0.3 is 10.5 Å². The highest BCUT2D eigenvalue weighted by Crippen LogP contribution is 2.40. The number of ether oxygens (including phenoxy) is 1. The first-order valence-corrected chi connectivity index (χ1v) is 8.59. The third-order valence-corrected chi connectivity index (χ3v) is 5.31. The van der Waals surface area contributed by atoms with Crippen LogP contribution in [0, 0.1) is 5.92 Å². The quantitative estimate of drug-likeness (QED) is 0.817. The number of hydrogen-bond acceptors (Lipinski definition) is 2. The third kappa shape index (κ3) is 3.26. The molecule has 1 aliphatic heterocycles. The second kappa shape index (κ2) is 6.00. The molecule has 2 nitrogen and oxygen atoms in total. The molecule has 1 saturated carbocycles. The zero-order chi connectivity index (χ0) is 14.9. The minimum Gasteiger partial charge on any atom is -0.492 e. The Morgan fingerprint density at radius 1 is 1.19 bits per heavy atom. The Balaban J connectivity index is 1.71. The molecule has 0 aromatic heterocycles. The second-order valence-electron chi connectivity index (χ2n) is 7.63. The van der Waals surface area contributed by atoms with Crippen molar-refractivity contribution in [3.05, 3.63) is 29.3 Å². The van der Waals surface area contributed by atoms with Crippen LogP contribution in [0.25, 0.3) is 0 Å². The average Bonchev–Trinajstić information content (AvgIpc) is 2.66. The summed E-state index contributed by atoms with van der Waals surface area (Å²) in [7, 11) is 0. The molecule has 1 aromatic carbocycles. The molecule has 2 N–H and O–H groups in total. The van der Waals surface area contributed by atoms with Gasteiger partial charge in [0, 0.05) is 17.0 Å². The van der Waals surface area contributed by atoms with Crippen LogP contribution in [0.2, 0.25) is 0 Å². The van der Waals surface area contributed by atoms with Crippen LogP contribution in [0.4, 0.5) is 0 Å². The molecule has 1 aromatic rings. The van der Waals surface area contributed by atoms with Gasteiger partial charge in [-0.25, -0.2) is 0 Å². The minimum atomic E-state index is 0.118. The largest absolute Gasteiger partial charge is 0.492 e. The van der Waals surface area contributed by atoms with E-state index in [0.29, 0.717) is 0 Å². The Bertz CT molecular complexity index is 486. The third-order valence-electron chi connectivity index (χ3n) is 5.31. The summed E-state index contributed by atoms with van der Waals surface area (Å²) in [6.07, 6.45) is 9.48. The standard InChI is InChI=1S/C19H29NO/c1-19(2)13-21-18-10-9-15(12-16(18)19)17(20)11-14-7-5-3-4-6-8-14/h9-10,12,14,17H,3-8,11,13,20H2,1-2H3. The SMILES string of the molecule is CC1(C)COc2ccc(C(N)CC3CCCCCC3)cc21. The Kier molecular flexibility index (Phi) is 4.26. The average molecular weight is 287 g/mol. The van der Waals surface area contributed by atoms with Gasteiger partial charge in [-0.2, -0.15) is 0 Å². The van der Waals surface area contributed by atoms with Crippen molar-refractivity contribution in [2.45, 2.75) is 70.3 Å². The van der Waals surface area contributed by atoms with Crippen molar-refractivity contribution in [2.75, 3.05) is 6.61 Å². The monoisotopic (exact) mass is 287 g/mol. The summed E-state index contributed by atoms with van der Waals surface area (Å²) in [5.74, 6) is 1.87. The first-order chi connectivity index (χ1) is 10.1. The fraction of sp³-hybridized carbons (Fsp3) is 0.684. The molecular formula is C19H29NO. The summed E-state index contributed by atoms with van der Waals surface area (Å²) < 4.78 is 5.77. The Morgan fingerprint density at radius 2 is 1.90 bits per heavy atom. The van der Waals surface area contributed by atoms with E-state index in [1.54, 1.807) is 0 Å². The molecule has 1 heterocycles. The normalized spacial score (nSPS) is 23.2. The van der Waals surface area contributed by atoms with Gasteiger partial charge in [-0.3, -0.25) is 0 Å². The maximum atomic E-state index is 6.52. The van der Waals surface area contributed by atoms with Gasteiger partial charge in [-0.15, -0.1) is 0 Å². The lowest BCUT2D eigenvalue weighted by molar-refractivity contribution is 0.291. The summed E-state index contributed by atoms with van der Waals surface area (Å²) in [6, 6.07) is 6.76. The van der Waals surface area contributed by atoms with Crippen LogP contribution in [0.5, 0.6) is 5.75 Å². The molecule has 1 fully saturated rings. The molecule has 1 unspecified atom stereocenters. The van der Waals surface area contributed by atoms with Gasteiger partial charge >= 0.3 is 0 Å². The maximum absolute atomic E-state index is 6.52. The van der Waals surface area contributed by atoms with Crippen molar-refractivity contribution in [1.82, 2.24) is 0 Å². The van der Waals surface area contributed by atoms with Crippen molar-refractivity contribution in [1.29, 1.82) is 0 Å². The Hall–Kier alpha value is -1.02. The lowest BCUT2D eigenvalue weighted by atomic mass is 9.84. The van der Waals surface area contributed by atoms with Crippen LogP contribution >= 0.6 is 0 Å². The molecule has 1 atom stereocenters. The van der Waals surface area contributed by atoms with Gasteiger partial charge in [-0.1, -0.05) is 58.4 Å². The van der Waals surface area contributed by atoms with Crippen LogP contribution < -0.4 is 10.5 Å². The van der Waals surface area contributed by atoms with Gasteiger partial charge in [0.1, 0.15) is 5.75 Å². The number of benzene rings is 1. The van der Waals surface area contributed by atoms with E-state index in [4.69, 9.17) is 10.5 Å². The molecule has 0 radical (unpaired) electrons. The molecule has 116 valence electrons. The molecule has 2 heteroatoms. The van der Waals surface area contributed by atoms with E-state index < -0.39 is 0 Å². The van der Waals surface area contributed by atoms with E-state index >= 15 is 0 Å². The first-order valence-electron chi connectivity index (χ1n) is 8.59. The first kappa shape index (κ1) is 14.9. The highest BCUT2D eigenvalue weighted by Gasteiger charge is 2.32. The smallest absolute Gasteiger partial charge is 0.123 e. The van der Waals surface area contributed by atoms with Gasteiger partial charge in [0.25, 0.3) is 0 Å². The number of fused-ring (bicyclic) bond motifs is 1. The molecule has 0 amide bonds. The molecule has 21 heavy (non-hydrogen) atoms. The van der Waals surface area contributed by atoms with Crippen molar-refractivity contribution >= 4 is 0 Å². The topological polar surface area (TPSA) is 35.2 Å². The summed E-state index contributed by atoms with van der Waals surface area (Å²) >= 11 is 0. The summed E-state index contributed by atoms with van der Waals surface area (Å²) in [6.45, 7) is 5.28. The van der Waals surface area contributed by atoms with Gasteiger partial charge in [0.05, 0.1) is 6.61 Å². The molecule has 0 bridgehead atoms. The van der Waals surface area contributed by atoms with Crippen molar-refractivity contribution in [3.8, 4) is 5.75 Å². The number of hydrogen-bond donors (Lipinski definition) is 1. The van der Waals surface area contributed by atoms with E-state index in [0.717, 1.165) is 24.7 Å². The molecule has 0 spiro atoms. The zero-order valence-corrected chi connectivity index (χ0v) is 13.5. The lowest BCUT2D eigenvalue weighted by Gasteiger charge is -2.21. The molecule has 0 saturated heterocycles. The summed E-state index contributed by atoms with van der Waals surface area (Å²) in [4.78, 5) is 0. The fourth-order valence-electron chi connectivity index (χ4n) is 3.86. The predicted octanol–water partition coefficient (Wildman–Crippen LogP) is 4.72. The van der Waals surface area contributed by atoms with Crippen LogP contribution in [-0.2, 0) is 5.41 Å². The van der Waals surface area contributed by atoms with E-state index in [1.165, 1.54) is 49.7 Å². The Labute approximate surface area is 129 Å². The van der Waals surface area contributed by atoms with Crippen molar-refractivity contribution in [3.63, 3.8) is 0 Å². The Morgan fingerprint density at radius 3 is 2.62 bits per heavy atom. The van der Waals surface area contributed by atoms with Crippen molar-refractivity contribution < 1.29 is 4.74 Å².